The molecule has 0 bridgehead atoms. The lowest BCUT2D eigenvalue weighted by atomic mass is 10.1. The van der Waals surface area contributed by atoms with Gasteiger partial charge in [0.05, 0.1) is 40.3 Å². The highest BCUT2D eigenvalue weighted by atomic mass is 16.7. The molecule has 2 atom stereocenters. The second-order valence-electron chi connectivity index (χ2n) is 20.5. The Morgan fingerprint density at radius 1 is 0.380 bits per heavy atom. The third kappa shape index (κ3) is 60.1. The number of unbranched alkanes of at least 4 members (excludes halogenated alkanes) is 10. The van der Waals surface area contributed by atoms with E-state index in [0.29, 0.717) is 23.9 Å². The summed E-state index contributed by atoms with van der Waals surface area (Å²) in [6, 6.07) is 0. The van der Waals surface area contributed by atoms with Crippen molar-refractivity contribution in [1.29, 1.82) is 0 Å². The largest absolute Gasteiger partial charge is 0.545 e. The van der Waals surface area contributed by atoms with Gasteiger partial charge < -0.3 is 33.3 Å². The van der Waals surface area contributed by atoms with E-state index in [-0.39, 0.29) is 32.7 Å². The van der Waals surface area contributed by atoms with Crippen molar-refractivity contribution in [3.05, 3.63) is 170 Å². The number of ether oxygens (including phenoxy) is 4. The molecular formula is C70H109NO8. The number of hydrogen-bond donors (Lipinski definition) is 0. The SMILES string of the molecule is CC/C=C\C/C=C\C/C=C\C/C=C\C/C=C\C/C=C\C/C=C\C/C=C\C/C=C\CCCCCCCC(=O)OC(COC(=O)CCCCCCC/C=C\C/C=C\C/C=C\C/C=C\C/C=C\CC)COC(OCC[N+](C)(C)C)C(=O)[O-]. The molecular weight excluding hydrogens is 983 g/mol. The van der Waals surface area contributed by atoms with E-state index in [9.17, 15) is 19.5 Å². The van der Waals surface area contributed by atoms with Gasteiger partial charge in [-0.1, -0.05) is 223 Å². The van der Waals surface area contributed by atoms with Crippen molar-refractivity contribution in [2.45, 2.75) is 206 Å². The summed E-state index contributed by atoms with van der Waals surface area (Å²) in [7, 11) is 5.89. The normalized spacial score (nSPS) is 14.0. The molecule has 0 aliphatic rings. The zero-order valence-electron chi connectivity index (χ0n) is 50.2. The molecule has 0 heterocycles. The van der Waals surface area contributed by atoms with Crippen molar-refractivity contribution in [2.75, 3.05) is 47.5 Å². The number of likely N-dealkylation sites (N-methyl/N-ethyl adjacent to an activating group) is 1. The Labute approximate surface area is 482 Å². The molecule has 0 aliphatic heterocycles. The number of rotatable bonds is 53. The highest BCUT2D eigenvalue weighted by molar-refractivity contribution is 5.70. The number of carboxylic acids is 1. The predicted molar refractivity (Wildman–Crippen MR) is 333 cm³/mol. The van der Waals surface area contributed by atoms with Crippen LogP contribution in [0.4, 0.5) is 0 Å². The van der Waals surface area contributed by atoms with Crippen molar-refractivity contribution in [1.82, 2.24) is 0 Å². The van der Waals surface area contributed by atoms with Gasteiger partial charge in [0.2, 0.25) is 0 Å². The average molecular weight is 1090 g/mol. The van der Waals surface area contributed by atoms with E-state index in [1.807, 2.05) is 21.1 Å². The molecule has 0 aromatic rings. The average Bonchev–Trinajstić information content (AvgIpc) is 3.42. The molecule has 0 saturated heterocycles. The summed E-state index contributed by atoms with van der Waals surface area (Å²) in [5.41, 5.74) is 0. The van der Waals surface area contributed by atoms with E-state index in [2.05, 4.69) is 184 Å². The molecule has 2 unspecified atom stereocenters. The van der Waals surface area contributed by atoms with Crippen LogP contribution >= 0.6 is 0 Å². The lowest BCUT2D eigenvalue weighted by molar-refractivity contribution is -0.870. The standard InChI is InChI=1S/C70H109NO8/c1-6-8-10-12-14-16-18-20-22-24-26-28-29-30-31-32-33-34-35-36-37-38-39-41-43-45-47-49-51-53-55-57-59-61-68(73)79-66(65-78-70(69(74)75)76-63-62-71(3,4)5)64-77-67(72)60-58-56-54-52-50-48-46-44-42-40-27-25-23-21-19-17-15-13-11-9-7-2/h8-11,14-17,20-23,26-28,30-31,33-34,36-37,39-41,44-47,66,70H,6-7,12-13,18-19,24-25,29,32,35,38,42-43,48-65H2,1-5H3/b10-8-,11-9-,16-14-,17-15-,22-20-,23-21-,28-26-,31-30-,34-33-,37-36-,40-27-,41-39-,46-44-,47-45-. The van der Waals surface area contributed by atoms with E-state index in [1.54, 1.807) is 0 Å². The number of carbonyl (C=O) groups excluding carboxylic acids is 3. The summed E-state index contributed by atoms with van der Waals surface area (Å²) < 4.78 is 22.7. The Bertz CT molecular complexity index is 1900. The molecule has 0 N–H and O–H groups in total. The van der Waals surface area contributed by atoms with Crippen molar-refractivity contribution < 1.29 is 42.9 Å². The first kappa shape index (κ1) is 73.7. The number of carbonyl (C=O) groups is 3. The van der Waals surface area contributed by atoms with Crippen molar-refractivity contribution in [3.63, 3.8) is 0 Å². The Balaban J connectivity index is 4.36. The van der Waals surface area contributed by atoms with Crippen LogP contribution in [0.15, 0.2) is 170 Å². The van der Waals surface area contributed by atoms with Gasteiger partial charge in [-0.25, -0.2) is 0 Å². The zero-order chi connectivity index (χ0) is 57.6. The monoisotopic (exact) mass is 1090 g/mol. The van der Waals surface area contributed by atoms with E-state index < -0.39 is 30.3 Å². The minimum Gasteiger partial charge on any atom is -0.545 e. The third-order valence-electron chi connectivity index (χ3n) is 12.0. The molecule has 9 nitrogen and oxygen atoms in total. The van der Waals surface area contributed by atoms with Crippen molar-refractivity contribution >= 4 is 17.9 Å². The quantitative estimate of drug-likeness (QED) is 0.0195. The van der Waals surface area contributed by atoms with Crippen LogP contribution in [0.2, 0.25) is 0 Å². The smallest absolute Gasteiger partial charge is 0.306 e. The lowest BCUT2D eigenvalue weighted by Crippen LogP contribution is -2.44. The van der Waals surface area contributed by atoms with Crippen LogP contribution in [0.1, 0.15) is 194 Å². The molecule has 0 fully saturated rings. The summed E-state index contributed by atoms with van der Waals surface area (Å²) in [6.07, 6.45) is 85.4. The van der Waals surface area contributed by atoms with E-state index in [4.69, 9.17) is 18.9 Å². The number of quaternary nitrogens is 1. The fraction of sp³-hybridized carbons (Fsp3) is 0.557. The van der Waals surface area contributed by atoms with Crippen LogP contribution < -0.4 is 5.11 Å². The maximum absolute atomic E-state index is 12.9. The molecule has 0 spiro atoms. The molecule has 0 rings (SSSR count). The van der Waals surface area contributed by atoms with Gasteiger partial charge in [0.25, 0.3) is 0 Å². The van der Waals surface area contributed by atoms with Crippen molar-refractivity contribution in [3.8, 4) is 0 Å². The van der Waals surface area contributed by atoms with Gasteiger partial charge in [0.15, 0.2) is 12.4 Å². The number of allylic oxidation sites excluding steroid dienone is 28. The number of nitrogens with zero attached hydrogens (tertiary/aromatic N) is 1. The van der Waals surface area contributed by atoms with E-state index in [1.165, 1.54) is 0 Å². The summed E-state index contributed by atoms with van der Waals surface area (Å²) in [4.78, 5) is 37.3. The second kappa shape index (κ2) is 58.8. The van der Waals surface area contributed by atoms with Crippen LogP contribution in [0, 0.1) is 0 Å². The molecule has 0 aromatic heterocycles. The minimum absolute atomic E-state index is 0.129. The minimum atomic E-state index is -1.64. The summed E-state index contributed by atoms with van der Waals surface area (Å²) >= 11 is 0. The van der Waals surface area contributed by atoms with Crippen LogP contribution in [0.5, 0.6) is 0 Å². The van der Waals surface area contributed by atoms with E-state index in [0.717, 1.165) is 154 Å². The molecule has 0 radical (unpaired) electrons. The fourth-order valence-corrected chi connectivity index (χ4v) is 7.38. The Morgan fingerprint density at radius 2 is 0.684 bits per heavy atom. The Morgan fingerprint density at radius 3 is 1.01 bits per heavy atom. The number of aliphatic carboxylic acids is 1. The van der Waals surface area contributed by atoms with E-state index >= 15 is 0 Å². The second-order valence-corrected chi connectivity index (χ2v) is 20.5. The lowest BCUT2D eigenvalue weighted by Gasteiger charge is -2.26. The van der Waals surface area contributed by atoms with Gasteiger partial charge in [-0.05, 0) is 128 Å². The summed E-state index contributed by atoms with van der Waals surface area (Å²) in [5, 5.41) is 11.8. The number of carboxylic acid groups (broad SMARTS) is 1. The molecule has 442 valence electrons. The number of esters is 2. The van der Waals surface area contributed by atoms with Gasteiger partial charge in [0, 0.05) is 12.8 Å². The first-order valence-electron chi connectivity index (χ1n) is 30.3. The summed E-state index contributed by atoms with van der Waals surface area (Å²) in [6.45, 7) is 4.44. The maximum atomic E-state index is 12.9. The third-order valence-corrected chi connectivity index (χ3v) is 12.0. The Hall–Kier alpha value is -5.35. The molecule has 0 aliphatic carbocycles. The summed E-state index contributed by atoms with van der Waals surface area (Å²) in [5.74, 6) is -2.36. The highest BCUT2D eigenvalue weighted by Crippen LogP contribution is 2.13. The predicted octanol–water partition coefficient (Wildman–Crippen LogP) is 17.0. The van der Waals surface area contributed by atoms with Crippen LogP contribution in [0.3, 0.4) is 0 Å². The van der Waals surface area contributed by atoms with Crippen LogP contribution in [-0.2, 0) is 33.3 Å². The zero-order valence-corrected chi connectivity index (χ0v) is 50.2. The van der Waals surface area contributed by atoms with Gasteiger partial charge in [0.1, 0.15) is 13.2 Å². The first-order chi connectivity index (χ1) is 38.6. The van der Waals surface area contributed by atoms with Gasteiger partial charge in [-0.2, -0.15) is 0 Å². The number of hydrogen-bond acceptors (Lipinski definition) is 8. The topological polar surface area (TPSA) is 111 Å². The molecule has 0 aromatic carbocycles. The molecule has 0 amide bonds. The molecule has 0 saturated carbocycles. The maximum Gasteiger partial charge on any atom is 0.306 e. The van der Waals surface area contributed by atoms with Gasteiger partial charge in [-0.15, -0.1) is 0 Å². The molecule has 79 heavy (non-hydrogen) atoms. The van der Waals surface area contributed by atoms with Crippen LogP contribution in [-0.4, -0.2) is 82.3 Å². The Kier molecular flexibility index (Phi) is 54.8. The van der Waals surface area contributed by atoms with Gasteiger partial charge in [-0.3, -0.25) is 9.59 Å². The highest BCUT2D eigenvalue weighted by Gasteiger charge is 2.22. The molecule has 9 heteroatoms. The van der Waals surface area contributed by atoms with Crippen LogP contribution in [0.25, 0.3) is 0 Å². The van der Waals surface area contributed by atoms with Gasteiger partial charge >= 0.3 is 11.9 Å². The first-order valence-corrected chi connectivity index (χ1v) is 30.3. The fourth-order valence-electron chi connectivity index (χ4n) is 7.38. The van der Waals surface area contributed by atoms with Crippen molar-refractivity contribution in [2.24, 2.45) is 0 Å².